The second kappa shape index (κ2) is 5.05. The van der Waals surface area contributed by atoms with Crippen molar-refractivity contribution in [1.29, 1.82) is 0 Å². The van der Waals surface area contributed by atoms with Crippen molar-refractivity contribution in [3.63, 3.8) is 0 Å². The van der Waals surface area contributed by atoms with Crippen LogP contribution in [0.3, 0.4) is 0 Å². The van der Waals surface area contributed by atoms with Crippen molar-refractivity contribution in [2.45, 2.75) is 30.7 Å². The van der Waals surface area contributed by atoms with Gasteiger partial charge in [-0.25, -0.2) is 4.57 Å². The van der Waals surface area contributed by atoms with Gasteiger partial charge in [-0.2, -0.15) is 0 Å². The lowest BCUT2D eigenvalue weighted by Crippen LogP contribution is -2.58. The summed E-state index contributed by atoms with van der Waals surface area (Å²) >= 11 is 0. The number of phosphoric acid groups is 1. The van der Waals surface area contributed by atoms with Gasteiger partial charge in [0, 0.05) is 0 Å². The molecule has 1 rings (SSSR count). The summed E-state index contributed by atoms with van der Waals surface area (Å²) in [5.41, 5.74) is 0. The van der Waals surface area contributed by atoms with Crippen LogP contribution in [0.5, 0.6) is 0 Å². The zero-order valence-corrected chi connectivity index (χ0v) is 8.84. The lowest BCUT2D eigenvalue weighted by Gasteiger charge is -2.39. The Hall–Kier alpha value is -0.0900. The molecule has 6 N–H and O–H groups in total. The van der Waals surface area contributed by atoms with Gasteiger partial charge in [-0.15, -0.1) is 0 Å². The van der Waals surface area contributed by atoms with Gasteiger partial charge in [-0.3, -0.25) is 4.52 Å². The van der Waals surface area contributed by atoms with E-state index >= 15 is 0 Å². The summed E-state index contributed by atoms with van der Waals surface area (Å²) in [5, 5.41) is 36.6. The Balaban J connectivity index is 2.75. The summed E-state index contributed by atoms with van der Waals surface area (Å²) in [6.45, 7) is -0.702. The molecule has 1 heterocycles. The average molecular weight is 260 g/mol. The number of hydrogen-bond donors (Lipinski definition) is 6. The van der Waals surface area contributed by atoms with Gasteiger partial charge < -0.3 is 34.9 Å². The van der Waals surface area contributed by atoms with E-state index in [0.29, 0.717) is 0 Å². The van der Waals surface area contributed by atoms with Gasteiger partial charge in [0.1, 0.15) is 24.4 Å². The first-order valence-corrected chi connectivity index (χ1v) is 5.83. The summed E-state index contributed by atoms with van der Waals surface area (Å²) in [6, 6.07) is 0. The minimum absolute atomic E-state index is 0.702. The second-order valence-electron chi connectivity index (χ2n) is 3.29. The zero-order chi connectivity index (χ0) is 12.5. The Morgan fingerprint density at radius 3 is 2.12 bits per heavy atom. The molecule has 16 heavy (non-hydrogen) atoms. The lowest BCUT2D eigenvalue weighted by molar-refractivity contribution is -0.280. The van der Waals surface area contributed by atoms with Crippen molar-refractivity contribution < 1.29 is 44.0 Å². The fourth-order valence-electron chi connectivity index (χ4n) is 1.29. The van der Waals surface area contributed by atoms with Crippen molar-refractivity contribution in [3.8, 4) is 0 Å². The standard InChI is InChI=1S/C6H13O9P/c7-1-2-3(8)4(9)5(10)6(14-2)15-16(11,12)13/h2-10H,1H2,(H2,11,12,13)/t2-,3+,4-,5-,6+/m1/s1. The van der Waals surface area contributed by atoms with E-state index in [4.69, 9.17) is 14.9 Å². The SMILES string of the molecule is O=P(O)(O)O[C@@H]1O[C@H](CO)[C@H](O)[C@@H](O)[C@H]1O. The summed E-state index contributed by atoms with van der Waals surface area (Å²) in [4.78, 5) is 17.0. The summed E-state index contributed by atoms with van der Waals surface area (Å²) in [5.74, 6) is 0. The van der Waals surface area contributed by atoms with E-state index in [2.05, 4.69) is 9.26 Å². The van der Waals surface area contributed by atoms with E-state index in [0.717, 1.165) is 0 Å². The molecule has 0 aliphatic carbocycles. The Bertz CT molecular complexity index is 275. The maximum Gasteiger partial charge on any atom is 0.472 e. The van der Waals surface area contributed by atoms with Gasteiger partial charge in [0.2, 0.25) is 0 Å². The van der Waals surface area contributed by atoms with Crippen molar-refractivity contribution in [3.05, 3.63) is 0 Å². The van der Waals surface area contributed by atoms with E-state index in [1.54, 1.807) is 0 Å². The average Bonchev–Trinajstić information content (AvgIpc) is 2.17. The van der Waals surface area contributed by atoms with E-state index in [1.165, 1.54) is 0 Å². The fraction of sp³-hybridized carbons (Fsp3) is 1.00. The molecule has 0 spiro atoms. The maximum atomic E-state index is 10.5. The molecular formula is C6H13O9P. The van der Waals surface area contributed by atoms with Gasteiger partial charge in [0.15, 0.2) is 6.29 Å². The van der Waals surface area contributed by atoms with Crippen molar-refractivity contribution in [1.82, 2.24) is 0 Å². The molecule has 0 aromatic heterocycles. The maximum absolute atomic E-state index is 10.5. The molecule has 0 aromatic rings. The third-order valence-electron chi connectivity index (χ3n) is 2.09. The number of ether oxygens (including phenoxy) is 1. The quantitative estimate of drug-likeness (QED) is 0.289. The van der Waals surface area contributed by atoms with Crippen molar-refractivity contribution in [2.75, 3.05) is 6.61 Å². The molecule has 10 heteroatoms. The smallest absolute Gasteiger partial charge is 0.394 e. The molecule has 0 radical (unpaired) electrons. The van der Waals surface area contributed by atoms with Gasteiger partial charge in [0.05, 0.1) is 6.61 Å². The molecule has 1 aliphatic heterocycles. The molecule has 0 aromatic carbocycles. The molecule has 0 unspecified atom stereocenters. The van der Waals surface area contributed by atoms with Crippen LogP contribution < -0.4 is 0 Å². The van der Waals surface area contributed by atoms with Crippen LogP contribution >= 0.6 is 7.82 Å². The third-order valence-corrected chi connectivity index (χ3v) is 2.57. The van der Waals surface area contributed by atoms with Crippen LogP contribution in [-0.2, 0) is 13.8 Å². The van der Waals surface area contributed by atoms with Gasteiger partial charge in [-0.05, 0) is 0 Å². The Labute approximate surface area is 90.1 Å². The summed E-state index contributed by atoms with van der Waals surface area (Å²) < 4.78 is 19.2. The van der Waals surface area contributed by atoms with Crippen molar-refractivity contribution in [2.24, 2.45) is 0 Å². The summed E-state index contributed by atoms with van der Waals surface area (Å²) in [6.07, 6.45) is -8.25. The highest BCUT2D eigenvalue weighted by Gasteiger charge is 2.46. The first kappa shape index (κ1) is 14.0. The number of aliphatic hydroxyl groups is 4. The van der Waals surface area contributed by atoms with Crippen LogP contribution in [0.2, 0.25) is 0 Å². The first-order chi connectivity index (χ1) is 7.26. The molecule has 1 saturated heterocycles. The van der Waals surface area contributed by atoms with E-state index in [-0.39, 0.29) is 0 Å². The van der Waals surface area contributed by atoms with E-state index < -0.39 is 45.1 Å². The number of hydrogen-bond acceptors (Lipinski definition) is 7. The van der Waals surface area contributed by atoms with Gasteiger partial charge >= 0.3 is 7.82 Å². The number of rotatable bonds is 3. The summed E-state index contributed by atoms with van der Waals surface area (Å²) in [7, 11) is -4.91. The molecule has 0 saturated carbocycles. The third kappa shape index (κ3) is 3.20. The van der Waals surface area contributed by atoms with Crippen LogP contribution in [0.4, 0.5) is 0 Å². The van der Waals surface area contributed by atoms with Crippen LogP contribution in [0, 0.1) is 0 Å². The van der Waals surface area contributed by atoms with Crippen LogP contribution in [0.25, 0.3) is 0 Å². The minimum atomic E-state index is -4.91. The van der Waals surface area contributed by atoms with Crippen LogP contribution in [-0.4, -0.2) is 67.5 Å². The minimum Gasteiger partial charge on any atom is -0.394 e. The first-order valence-electron chi connectivity index (χ1n) is 4.30. The normalized spacial score (nSPS) is 41.0. The monoisotopic (exact) mass is 260 g/mol. The van der Waals surface area contributed by atoms with Gasteiger partial charge in [-0.1, -0.05) is 0 Å². The highest BCUT2D eigenvalue weighted by atomic mass is 31.2. The lowest BCUT2D eigenvalue weighted by atomic mass is 10.00. The second-order valence-corrected chi connectivity index (χ2v) is 4.49. The predicted octanol–water partition coefficient (Wildman–Crippen LogP) is -3.10. The molecule has 0 bridgehead atoms. The number of phosphoric ester groups is 1. The van der Waals surface area contributed by atoms with Crippen molar-refractivity contribution >= 4 is 7.82 Å². The molecular weight excluding hydrogens is 247 g/mol. The predicted molar refractivity (Wildman–Crippen MR) is 46.9 cm³/mol. The molecule has 0 amide bonds. The Morgan fingerprint density at radius 1 is 1.12 bits per heavy atom. The fourth-order valence-corrected chi connectivity index (χ4v) is 1.73. The van der Waals surface area contributed by atoms with E-state index in [9.17, 15) is 19.9 Å². The van der Waals surface area contributed by atoms with Crippen LogP contribution in [0.15, 0.2) is 0 Å². The molecule has 96 valence electrons. The largest absolute Gasteiger partial charge is 0.472 e. The number of aliphatic hydroxyl groups excluding tert-OH is 4. The molecule has 9 nitrogen and oxygen atoms in total. The molecule has 5 atom stereocenters. The molecule has 1 fully saturated rings. The van der Waals surface area contributed by atoms with Crippen LogP contribution in [0.1, 0.15) is 0 Å². The van der Waals surface area contributed by atoms with Gasteiger partial charge in [0.25, 0.3) is 0 Å². The molecule has 1 aliphatic rings. The Morgan fingerprint density at radius 2 is 1.69 bits per heavy atom. The Kier molecular flexibility index (Phi) is 4.41. The topological polar surface area (TPSA) is 157 Å². The highest BCUT2D eigenvalue weighted by molar-refractivity contribution is 7.46. The van der Waals surface area contributed by atoms with E-state index in [1.807, 2.05) is 0 Å². The zero-order valence-electron chi connectivity index (χ0n) is 7.95. The highest BCUT2D eigenvalue weighted by Crippen LogP contribution is 2.40.